The van der Waals surface area contributed by atoms with Crippen LogP contribution in [0.5, 0.6) is 5.75 Å². The lowest BCUT2D eigenvalue weighted by Gasteiger charge is -2.48. The molecule has 2 aliphatic rings. The average molecular weight is 560 g/mol. The van der Waals surface area contributed by atoms with Crippen LogP contribution in [-0.4, -0.2) is 21.0 Å². The van der Waals surface area contributed by atoms with Crippen molar-refractivity contribution in [1.29, 1.82) is 0 Å². The van der Waals surface area contributed by atoms with Crippen molar-refractivity contribution in [3.63, 3.8) is 0 Å². The number of halogens is 1. The highest BCUT2D eigenvalue weighted by molar-refractivity contribution is 5.91. The number of nitrogens with zero attached hydrogens (tertiary/aromatic N) is 2. The quantitative estimate of drug-likeness (QED) is 0.222. The Kier molecular flexibility index (Phi) is 8.68. The summed E-state index contributed by atoms with van der Waals surface area (Å²) < 4.78 is 27.9. The number of pyridine rings is 1. The minimum Gasteiger partial charge on any atom is -0.489 e. The van der Waals surface area contributed by atoms with E-state index in [2.05, 4.69) is 11.9 Å². The zero-order valence-corrected chi connectivity index (χ0v) is 23.9. The van der Waals surface area contributed by atoms with Crippen molar-refractivity contribution in [1.82, 2.24) is 9.97 Å². The number of benzene rings is 2. The summed E-state index contributed by atoms with van der Waals surface area (Å²) >= 11 is 0. The molecule has 0 amide bonds. The monoisotopic (exact) mass is 559 g/mol. The molecule has 0 spiro atoms. The van der Waals surface area contributed by atoms with Crippen molar-refractivity contribution < 1.29 is 23.4 Å². The standard InChI is InChI=1S/C31H32FN3O4.C2H6/c1-17-6-7-20(17)21-8-9-23(21)31-35-25-13-18(16-38-27-5-3-2-4-19(27)14-28(36)37)12-24(30(25)39-31)22-10-11-34-26(15-33)29(22)32;1-2/h2-5,10-13,17,20-21,23H,6-9,14-16,33H2,1H3,(H,36,37);1-2H3. The van der Waals surface area contributed by atoms with Crippen LogP contribution in [0.15, 0.2) is 53.1 Å². The molecule has 0 bridgehead atoms. The topological polar surface area (TPSA) is 111 Å². The van der Waals surface area contributed by atoms with Gasteiger partial charge in [-0.05, 0) is 66.8 Å². The first kappa shape index (κ1) is 28.7. The Balaban J connectivity index is 0.00000165. The first-order chi connectivity index (χ1) is 19.9. The molecule has 3 N–H and O–H groups in total. The van der Waals surface area contributed by atoms with Gasteiger partial charge in [0.15, 0.2) is 17.3 Å². The Hall–Kier alpha value is -3.78. The number of aromatic nitrogens is 2. The molecule has 8 heteroatoms. The van der Waals surface area contributed by atoms with Gasteiger partial charge in [0.2, 0.25) is 0 Å². The van der Waals surface area contributed by atoms with Gasteiger partial charge in [-0.3, -0.25) is 9.78 Å². The van der Waals surface area contributed by atoms with E-state index < -0.39 is 11.8 Å². The Morgan fingerprint density at radius 1 is 1.10 bits per heavy atom. The highest BCUT2D eigenvalue weighted by atomic mass is 19.1. The van der Waals surface area contributed by atoms with Gasteiger partial charge in [-0.2, -0.15) is 0 Å². The van der Waals surface area contributed by atoms with Crippen molar-refractivity contribution in [2.24, 2.45) is 23.5 Å². The number of aliphatic carboxylic acids is 1. The second-order valence-corrected chi connectivity index (χ2v) is 10.9. The van der Waals surface area contributed by atoms with E-state index in [0.29, 0.717) is 39.5 Å². The first-order valence-corrected chi connectivity index (χ1v) is 14.6. The van der Waals surface area contributed by atoms with E-state index in [0.717, 1.165) is 29.7 Å². The summed E-state index contributed by atoms with van der Waals surface area (Å²) in [6.07, 6.45) is 6.21. The maximum Gasteiger partial charge on any atom is 0.307 e. The van der Waals surface area contributed by atoms with Crippen molar-refractivity contribution in [3.8, 4) is 16.9 Å². The number of hydrogen-bond acceptors (Lipinski definition) is 6. The molecular weight excluding hydrogens is 521 g/mol. The third-order valence-electron chi connectivity index (χ3n) is 8.60. The highest BCUT2D eigenvalue weighted by Gasteiger charge is 2.45. The molecule has 4 aromatic rings. The van der Waals surface area contributed by atoms with Gasteiger partial charge in [0.1, 0.15) is 17.9 Å². The Labute approximate surface area is 240 Å². The van der Waals surface area contributed by atoms with E-state index in [-0.39, 0.29) is 31.2 Å². The molecule has 2 aliphatic carbocycles. The van der Waals surface area contributed by atoms with Crippen LogP contribution in [0.4, 0.5) is 4.39 Å². The smallest absolute Gasteiger partial charge is 0.307 e. The predicted molar refractivity (Wildman–Crippen MR) is 156 cm³/mol. The van der Waals surface area contributed by atoms with Crippen molar-refractivity contribution >= 4 is 17.1 Å². The number of nitrogens with two attached hydrogens (primary N) is 1. The summed E-state index contributed by atoms with van der Waals surface area (Å²) in [4.78, 5) is 20.3. The van der Waals surface area contributed by atoms with Crippen LogP contribution in [0.3, 0.4) is 0 Å². The average Bonchev–Trinajstić information content (AvgIpc) is 3.37. The van der Waals surface area contributed by atoms with Gasteiger partial charge in [0, 0.05) is 35.3 Å². The molecule has 216 valence electrons. The normalized spacial score (nSPS) is 21.4. The molecule has 6 rings (SSSR count). The molecule has 4 unspecified atom stereocenters. The third kappa shape index (κ3) is 5.71. The number of para-hydroxylation sites is 1. The van der Waals surface area contributed by atoms with Crippen LogP contribution in [0.25, 0.3) is 22.2 Å². The molecule has 41 heavy (non-hydrogen) atoms. The number of carbonyl (C=O) groups is 1. The van der Waals surface area contributed by atoms with Gasteiger partial charge >= 0.3 is 5.97 Å². The minimum absolute atomic E-state index is 0.0169. The van der Waals surface area contributed by atoms with Crippen molar-refractivity contribution in [2.45, 2.75) is 71.9 Å². The first-order valence-electron chi connectivity index (χ1n) is 14.6. The van der Waals surface area contributed by atoms with Gasteiger partial charge in [-0.1, -0.05) is 45.4 Å². The number of rotatable bonds is 9. The summed E-state index contributed by atoms with van der Waals surface area (Å²) in [5.41, 5.74) is 9.40. The summed E-state index contributed by atoms with van der Waals surface area (Å²) in [6, 6.07) is 12.5. The van der Waals surface area contributed by atoms with Crippen molar-refractivity contribution in [3.05, 3.63) is 77.2 Å². The van der Waals surface area contributed by atoms with Crippen LogP contribution in [0.1, 0.15) is 75.1 Å². The Morgan fingerprint density at radius 2 is 1.88 bits per heavy atom. The van der Waals surface area contributed by atoms with Gasteiger partial charge < -0.3 is 20.0 Å². The van der Waals surface area contributed by atoms with Crippen LogP contribution < -0.4 is 10.5 Å². The van der Waals surface area contributed by atoms with Gasteiger partial charge in [0.05, 0.1) is 12.1 Å². The molecule has 2 heterocycles. The number of oxazole rings is 1. The number of fused-ring (bicyclic) bond motifs is 1. The molecule has 4 atom stereocenters. The van der Waals surface area contributed by atoms with Gasteiger partial charge in [0.25, 0.3) is 0 Å². The SMILES string of the molecule is CC.CC1CCC1C1CCC1c1nc2cc(COc3ccccc3CC(=O)O)cc(-c3ccnc(CN)c3F)c2o1. The lowest BCUT2D eigenvalue weighted by molar-refractivity contribution is -0.136. The van der Waals surface area contributed by atoms with Gasteiger partial charge in [-0.25, -0.2) is 9.37 Å². The molecule has 2 aromatic carbocycles. The molecule has 0 aliphatic heterocycles. The van der Waals surface area contributed by atoms with E-state index in [1.165, 1.54) is 19.3 Å². The number of carboxylic acid groups (broad SMARTS) is 1. The summed E-state index contributed by atoms with van der Waals surface area (Å²) in [5, 5.41) is 9.26. The van der Waals surface area contributed by atoms with E-state index >= 15 is 4.39 Å². The zero-order chi connectivity index (χ0) is 29.1. The maximum atomic E-state index is 15.5. The molecule has 0 radical (unpaired) electrons. The van der Waals surface area contributed by atoms with Crippen LogP contribution in [0.2, 0.25) is 0 Å². The second-order valence-electron chi connectivity index (χ2n) is 10.9. The summed E-state index contributed by atoms with van der Waals surface area (Å²) in [6.45, 7) is 6.47. The fourth-order valence-electron chi connectivity index (χ4n) is 6.18. The molecule has 2 aromatic heterocycles. The van der Waals surface area contributed by atoms with E-state index in [1.54, 1.807) is 36.5 Å². The van der Waals surface area contributed by atoms with Crippen LogP contribution in [-0.2, 0) is 24.4 Å². The number of ether oxygens (including phenoxy) is 1. The van der Waals surface area contributed by atoms with Crippen LogP contribution in [0, 0.1) is 23.6 Å². The molecule has 2 saturated carbocycles. The summed E-state index contributed by atoms with van der Waals surface area (Å²) in [5.74, 6) is 2.13. The van der Waals surface area contributed by atoms with Gasteiger partial charge in [-0.15, -0.1) is 0 Å². The zero-order valence-electron chi connectivity index (χ0n) is 23.9. The maximum absolute atomic E-state index is 15.5. The van der Waals surface area contributed by atoms with E-state index in [1.807, 2.05) is 26.0 Å². The number of hydrogen-bond donors (Lipinski definition) is 2. The fraction of sp³-hybridized carbons (Fsp3) is 0.424. The molecule has 2 fully saturated rings. The van der Waals surface area contributed by atoms with Crippen molar-refractivity contribution in [2.75, 3.05) is 0 Å². The predicted octanol–water partition coefficient (Wildman–Crippen LogP) is 7.26. The Bertz CT molecular complexity index is 1530. The lowest BCUT2D eigenvalue weighted by atomic mass is 9.57. The molecular formula is C33H38FN3O4. The second kappa shape index (κ2) is 12.4. The van der Waals surface area contributed by atoms with Crippen LogP contribution >= 0.6 is 0 Å². The minimum atomic E-state index is -0.931. The molecule has 7 nitrogen and oxygen atoms in total. The van der Waals surface area contributed by atoms with E-state index in [4.69, 9.17) is 19.9 Å². The van der Waals surface area contributed by atoms with E-state index in [9.17, 15) is 9.90 Å². The summed E-state index contributed by atoms with van der Waals surface area (Å²) in [7, 11) is 0. The number of carboxylic acids is 1. The third-order valence-corrected chi connectivity index (χ3v) is 8.60. The fourth-order valence-corrected chi connectivity index (χ4v) is 6.18. The lowest BCUT2D eigenvalue weighted by Crippen LogP contribution is -2.39. The largest absolute Gasteiger partial charge is 0.489 e. The molecule has 0 saturated heterocycles. The highest BCUT2D eigenvalue weighted by Crippen LogP contribution is 2.54. The Morgan fingerprint density at radius 3 is 2.54 bits per heavy atom.